The fourth-order valence-electron chi connectivity index (χ4n) is 2.25. The number of hydrogen-bond acceptors (Lipinski definition) is 4. The molecule has 0 radical (unpaired) electrons. The summed E-state index contributed by atoms with van der Waals surface area (Å²) in [5.74, 6) is 1.47. The van der Waals surface area contributed by atoms with Crippen LogP contribution in [0.25, 0.3) is 0 Å². The van der Waals surface area contributed by atoms with E-state index in [0.29, 0.717) is 5.82 Å². The van der Waals surface area contributed by atoms with Gasteiger partial charge in [0.05, 0.1) is 0 Å². The monoisotopic (exact) mass is 256 g/mol. The van der Waals surface area contributed by atoms with Gasteiger partial charge in [-0.05, 0) is 25.0 Å². The van der Waals surface area contributed by atoms with Crippen molar-refractivity contribution >= 4 is 17.3 Å². The quantitative estimate of drug-likeness (QED) is 0.913. The maximum Gasteiger partial charge on any atom is 0.141 e. The first-order valence-electron chi connectivity index (χ1n) is 6.53. The van der Waals surface area contributed by atoms with Crippen molar-refractivity contribution in [2.24, 2.45) is 0 Å². The van der Waals surface area contributed by atoms with Gasteiger partial charge in [-0.25, -0.2) is 9.97 Å². The normalized spacial score (nSPS) is 10.5. The topological polar surface area (TPSA) is 55.0 Å². The second kappa shape index (κ2) is 5.69. The lowest BCUT2D eigenvalue weighted by atomic mass is 10.1. The molecule has 1 heterocycles. The third kappa shape index (κ3) is 2.67. The predicted octanol–water partition coefficient (Wildman–Crippen LogP) is 3.09. The molecule has 0 bridgehead atoms. The Balaban J connectivity index is 2.47. The molecule has 0 atom stereocenters. The van der Waals surface area contributed by atoms with Crippen molar-refractivity contribution in [2.75, 3.05) is 17.7 Å². The smallest absolute Gasteiger partial charge is 0.141 e. The number of hydrogen-bond donors (Lipinski definition) is 1. The Morgan fingerprint density at radius 3 is 2.63 bits per heavy atom. The SMILES string of the molecule is CCCc1c(N)ncnc1N(C)c1ccccc1C. The first kappa shape index (κ1) is 13.3. The molecule has 2 rings (SSSR count). The van der Waals surface area contributed by atoms with Crippen molar-refractivity contribution < 1.29 is 0 Å². The Morgan fingerprint density at radius 2 is 1.95 bits per heavy atom. The second-order valence-corrected chi connectivity index (χ2v) is 4.66. The number of aromatic nitrogens is 2. The summed E-state index contributed by atoms with van der Waals surface area (Å²) >= 11 is 0. The molecule has 2 aromatic rings. The Morgan fingerprint density at radius 1 is 1.21 bits per heavy atom. The van der Waals surface area contributed by atoms with Crippen LogP contribution in [-0.2, 0) is 6.42 Å². The van der Waals surface area contributed by atoms with E-state index in [4.69, 9.17) is 5.73 Å². The third-order valence-electron chi connectivity index (χ3n) is 3.25. The van der Waals surface area contributed by atoms with Gasteiger partial charge in [0.25, 0.3) is 0 Å². The average molecular weight is 256 g/mol. The zero-order valence-corrected chi connectivity index (χ0v) is 11.7. The van der Waals surface area contributed by atoms with E-state index in [1.165, 1.54) is 11.9 Å². The second-order valence-electron chi connectivity index (χ2n) is 4.66. The largest absolute Gasteiger partial charge is 0.383 e. The zero-order valence-electron chi connectivity index (χ0n) is 11.7. The van der Waals surface area contributed by atoms with E-state index in [9.17, 15) is 0 Å². The fourth-order valence-corrected chi connectivity index (χ4v) is 2.25. The van der Waals surface area contributed by atoms with Gasteiger partial charge < -0.3 is 10.6 Å². The van der Waals surface area contributed by atoms with Gasteiger partial charge in [-0.15, -0.1) is 0 Å². The number of nitrogen functional groups attached to an aromatic ring is 1. The molecule has 0 fully saturated rings. The van der Waals surface area contributed by atoms with Gasteiger partial charge in [-0.2, -0.15) is 0 Å². The van der Waals surface area contributed by atoms with Gasteiger partial charge in [-0.1, -0.05) is 31.5 Å². The highest BCUT2D eigenvalue weighted by atomic mass is 15.2. The van der Waals surface area contributed by atoms with Crippen LogP contribution in [0.5, 0.6) is 0 Å². The Bertz CT molecular complexity index is 566. The minimum absolute atomic E-state index is 0.576. The van der Waals surface area contributed by atoms with Crippen LogP contribution in [0.15, 0.2) is 30.6 Å². The number of anilines is 3. The number of para-hydroxylation sites is 1. The zero-order chi connectivity index (χ0) is 13.8. The molecule has 4 nitrogen and oxygen atoms in total. The molecule has 0 aliphatic carbocycles. The predicted molar refractivity (Wildman–Crippen MR) is 79.7 cm³/mol. The number of aryl methyl sites for hydroxylation is 1. The minimum atomic E-state index is 0.576. The van der Waals surface area contributed by atoms with Gasteiger partial charge in [0, 0.05) is 18.3 Å². The molecule has 0 unspecified atom stereocenters. The molecular formula is C15H20N4. The first-order valence-corrected chi connectivity index (χ1v) is 6.53. The molecule has 0 saturated heterocycles. The fraction of sp³-hybridized carbons (Fsp3) is 0.333. The Kier molecular flexibility index (Phi) is 4.00. The van der Waals surface area contributed by atoms with E-state index in [1.54, 1.807) is 0 Å². The molecule has 1 aromatic heterocycles. The maximum atomic E-state index is 5.98. The average Bonchev–Trinajstić information content (AvgIpc) is 2.41. The lowest BCUT2D eigenvalue weighted by Crippen LogP contribution is -2.16. The molecule has 0 amide bonds. The Labute approximate surface area is 114 Å². The summed E-state index contributed by atoms with van der Waals surface area (Å²) in [6.45, 7) is 4.22. The number of rotatable bonds is 4. The summed E-state index contributed by atoms with van der Waals surface area (Å²) in [6, 6.07) is 8.25. The highest BCUT2D eigenvalue weighted by molar-refractivity contribution is 5.68. The summed E-state index contributed by atoms with van der Waals surface area (Å²) in [5, 5.41) is 0. The first-order chi connectivity index (χ1) is 9.15. The van der Waals surface area contributed by atoms with E-state index in [0.717, 1.165) is 29.9 Å². The van der Waals surface area contributed by atoms with E-state index >= 15 is 0 Å². The molecular weight excluding hydrogens is 236 g/mol. The summed E-state index contributed by atoms with van der Waals surface area (Å²) < 4.78 is 0. The lowest BCUT2D eigenvalue weighted by Gasteiger charge is -2.23. The summed E-state index contributed by atoms with van der Waals surface area (Å²) in [7, 11) is 2.02. The molecule has 19 heavy (non-hydrogen) atoms. The van der Waals surface area contributed by atoms with Crippen LogP contribution >= 0.6 is 0 Å². The molecule has 0 aliphatic rings. The van der Waals surface area contributed by atoms with E-state index in [-0.39, 0.29) is 0 Å². The van der Waals surface area contributed by atoms with Gasteiger partial charge in [-0.3, -0.25) is 0 Å². The van der Waals surface area contributed by atoms with Gasteiger partial charge in [0.15, 0.2) is 0 Å². The number of nitrogens with two attached hydrogens (primary N) is 1. The van der Waals surface area contributed by atoms with Crippen LogP contribution in [0.3, 0.4) is 0 Å². The van der Waals surface area contributed by atoms with Gasteiger partial charge >= 0.3 is 0 Å². The number of benzene rings is 1. The van der Waals surface area contributed by atoms with Crippen LogP contribution in [-0.4, -0.2) is 17.0 Å². The van der Waals surface area contributed by atoms with Gasteiger partial charge in [0.1, 0.15) is 18.0 Å². The molecule has 0 saturated carbocycles. The van der Waals surface area contributed by atoms with Gasteiger partial charge in [0.2, 0.25) is 0 Å². The van der Waals surface area contributed by atoms with Crippen molar-refractivity contribution in [3.8, 4) is 0 Å². The van der Waals surface area contributed by atoms with Crippen LogP contribution in [0.4, 0.5) is 17.3 Å². The lowest BCUT2D eigenvalue weighted by molar-refractivity contribution is 0.895. The van der Waals surface area contributed by atoms with Crippen molar-refractivity contribution in [2.45, 2.75) is 26.7 Å². The van der Waals surface area contributed by atoms with E-state index in [1.807, 2.05) is 19.2 Å². The Hall–Kier alpha value is -2.10. The molecule has 0 spiro atoms. The number of nitrogens with zero attached hydrogens (tertiary/aromatic N) is 3. The molecule has 4 heteroatoms. The highest BCUT2D eigenvalue weighted by Crippen LogP contribution is 2.29. The van der Waals surface area contributed by atoms with Crippen molar-refractivity contribution in [3.63, 3.8) is 0 Å². The van der Waals surface area contributed by atoms with Crippen LogP contribution in [0.2, 0.25) is 0 Å². The maximum absolute atomic E-state index is 5.98. The molecule has 100 valence electrons. The standard InChI is InChI=1S/C15H20N4/c1-4-7-12-14(16)17-10-18-15(12)19(3)13-9-6-5-8-11(13)2/h5-6,8-10H,4,7H2,1-3H3,(H2,16,17,18). The van der Waals surface area contributed by atoms with E-state index in [2.05, 4.69) is 40.8 Å². The van der Waals surface area contributed by atoms with Crippen molar-refractivity contribution in [3.05, 3.63) is 41.7 Å². The van der Waals surface area contributed by atoms with E-state index < -0.39 is 0 Å². The third-order valence-corrected chi connectivity index (χ3v) is 3.25. The van der Waals surface area contributed by atoms with Crippen LogP contribution in [0, 0.1) is 6.92 Å². The highest BCUT2D eigenvalue weighted by Gasteiger charge is 2.14. The summed E-state index contributed by atoms with van der Waals surface area (Å²) in [5.41, 5.74) is 9.36. The van der Waals surface area contributed by atoms with Crippen molar-refractivity contribution in [1.82, 2.24) is 9.97 Å². The molecule has 0 aliphatic heterocycles. The molecule has 2 N–H and O–H groups in total. The van der Waals surface area contributed by atoms with Crippen LogP contribution < -0.4 is 10.6 Å². The van der Waals surface area contributed by atoms with Crippen molar-refractivity contribution in [1.29, 1.82) is 0 Å². The molecule has 1 aromatic carbocycles. The van der Waals surface area contributed by atoms with Crippen LogP contribution in [0.1, 0.15) is 24.5 Å². The summed E-state index contributed by atoms with van der Waals surface area (Å²) in [6.07, 6.45) is 3.43. The summed E-state index contributed by atoms with van der Waals surface area (Å²) in [4.78, 5) is 10.6. The minimum Gasteiger partial charge on any atom is -0.383 e.